The zero-order valence-electron chi connectivity index (χ0n) is 9.69. The molecule has 1 fully saturated rings. The van der Waals surface area contributed by atoms with Crippen LogP contribution in [0.15, 0.2) is 6.07 Å². The molecular formula is C11H13N3O3. The summed E-state index contributed by atoms with van der Waals surface area (Å²) in [4.78, 5) is 22.8. The average Bonchev–Trinajstić information content (AvgIpc) is 3.12. The van der Waals surface area contributed by atoms with Gasteiger partial charge in [0.1, 0.15) is 0 Å². The van der Waals surface area contributed by atoms with Crippen LogP contribution in [0.4, 0.5) is 5.82 Å². The fraction of sp³-hybridized carbons (Fsp3) is 0.455. The van der Waals surface area contributed by atoms with Gasteiger partial charge in [0.2, 0.25) is 5.91 Å². The maximum Gasteiger partial charge on any atom is 0.358 e. The van der Waals surface area contributed by atoms with Crippen molar-refractivity contribution < 1.29 is 14.3 Å². The number of nitrogens with one attached hydrogen (secondary N) is 1. The van der Waals surface area contributed by atoms with Crippen LogP contribution in [0, 0.1) is 12.8 Å². The van der Waals surface area contributed by atoms with E-state index in [2.05, 4.69) is 20.3 Å². The number of hydrogen-bond donors (Lipinski definition) is 1. The highest BCUT2D eigenvalue weighted by molar-refractivity contribution is 5.94. The molecule has 0 aliphatic heterocycles. The number of aryl methyl sites for hydroxylation is 1. The normalized spacial score (nSPS) is 14.2. The quantitative estimate of drug-likeness (QED) is 0.788. The van der Waals surface area contributed by atoms with Crippen molar-refractivity contribution in [3.63, 3.8) is 0 Å². The van der Waals surface area contributed by atoms with Crippen LogP contribution in [0.25, 0.3) is 0 Å². The molecule has 0 unspecified atom stereocenters. The number of carbonyl (C=O) groups is 2. The Bertz CT molecular complexity index is 469. The minimum atomic E-state index is -0.532. The lowest BCUT2D eigenvalue weighted by Crippen LogP contribution is -2.16. The number of methoxy groups -OCH3 is 1. The molecule has 0 bridgehead atoms. The maximum absolute atomic E-state index is 11.5. The van der Waals surface area contributed by atoms with Gasteiger partial charge in [-0.05, 0) is 31.4 Å². The molecule has 0 saturated heterocycles. The van der Waals surface area contributed by atoms with Crippen molar-refractivity contribution in [3.05, 3.63) is 17.3 Å². The molecule has 2 rings (SSSR count). The van der Waals surface area contributed by atoms with Gasteiger partial charge in [0.25, 0.3) is 0 Å². The molecule has 1 heterocycles. The number of nitrogens with zero attached hydrogens (tertiary/aromatic N) is 2. The lowest BCUT2D eigenvalue weighted by atomic mass is 10.2. The zero-order chi connectivity index (χ0) is 12.4. The van der Waals surface area contributed by atoms with Crippen LogP contribution in [-0.4, -0.2) is 29.2 Å². The Labute approximate surface area is 98.4 Å². The molecule has 0 radical (unpaired) electrons. The Morgan fingerprint density at radius 1 is 1.41 bits per heavy atom. The molecular weight excluding hydrogens is 222 g/mol. The van der Waals surface area contributed by atoms with E-state index >= 15 is 0 Å². The molecule has 1 amide bonds. The van der Waals surface area contributed by atoms with Gasteiger partial charge < -0.3 is 10.1 Å². The lowest BCUT2D eigenvalue weighted by Gasteiger charge is -2.05. The monoisotopic (exact) mass is 235 g/mol. The summed E-state index contributed by atoms with van der Waals surface area (Å²) in [5.74, 6) is -0.0935. The topological polar surface area (TPSA) is 81.2 Å². The second-order valence-corrected chi connectivity index (χ2v) is 4.02. The molecule has 1 N–H and O–H groups in total. The summed E-state index contributed by atoms with van der Waals surface area (Å²) in [6, 6.07) is 1.61. The Kier molecular flexibility index (Phi) is 3.03. The highest BCUT2D eigenvalue weighted by atomic mass is 16.5. The number of esters is 1. The first-order valence-corrected chi connectivity index (χ1v) is 5.35. The molecule has 6 heteroatoms. The van der Waals surface area contributed by atoms with E-state index in [0.29, 0.717) is 11.4 Å². The number of rotatable bonds is 3. The van der Waals surface area contributed by atoms with Gasteiger partial charge in [0, 0.05) is 5.92 Å². The van der Waals surface area contributed by atoms with E-state index in [4.69, 9.17) is 0 Å². The van der Waals surface area contributed by atoms with Gasteiger partial charge in [-0.2, -0.15) is 0 Å². The van der Waals surface area contributed by atoms with Crippen LogP contribution < -0.4 is 5.32 Å². The third kappa shape index (κ3) is 2.58. The van der Waals surface area contributed by atoms with E-state index in [9.17, 15) is 9.59 Å². The second kappa shape index (κ2) is 4.48. The van der Waals surface area contributed by atoms with Crippen molar-refractivity contribution >= 4 is 17.7 Å². The highest BCUT2D eigenvalue weighted by Gasteiger charge is 2.30. The van der Waals surface area contributed by atoms with Crippen molar-refractivity contribution in [2.45, 2.75) is 19.8 Å². The summed E-state index contributed by atoms with van der Waals surface area (Å²) in [5.41, 5.74) is 0.787. The molecule has 1 aliphatic carbocycles. The molecule has 0 spiro atoms. The van der Waals surface area contributed by atoms with E-state index in [-0.39, 0.29) is 17.5 Å². The Morgan fingerprint density at radius 2 is 2.12 bits per heavy atom. The van der Waals surface area contributed by atoms with Crippen LogP contribution in [0.5, 0.6) is 0 Å². The number of aromatic nitrogens is 2. The minimum absolute atomic E-state index is 0.0375. The van der Waals surface area contributed by atoms with E-state index in [1.807, 2.05) is 0 Å². The van der Waals surface area contributed by atoms with Crippen LogP contribution in [0.3, 0.4) is 0 Å². The van der Waals surface area contributed by atoms with Gasteiger partial charge in [-0.3, -0.25) is 4.79 Å². The first-order valence-electron chi connectivity index (χ1n) is 5.35. The van der Waals surface area contributed by atoms with E-state index in [1.54, 1.807) is 13.0 Å². The molecule has 90 valence electrons. The largest absolute Gasteiger partial charge is 0.464 e. The molecule has 0 atom stereocenters. The van der Waals surface area contributed by atoms with Gasteiger partial charge >= 0.3 is 5.97 Å². The Balaban J connectivity index is 2.12. The molecule has 17 heavy (non-hydrogen) atoms. The van der Waals surface area contributed by atoms with Gasteiger partial charge in [-0.15, -0.1) is 10.2 Å². The lowest BCUT2D eigenvalue weighted by molar-refractivity contribution is -0.117. The summed E-state index contributed by atoms with van der Waals surface area (Å²) in [6.45, 7) is 1.72. The molecule has 1 aliphatic rings. The summed E-state index contributed by atoms with van der Waals surface area (Å²) >= 11 is 0. The van der Waals surface area contributed by atoms with Crippen LogP contribution >= 0.6 is 0 Å². The van der Waals surface area contributed by atoms with Gasteiger partial charge in [0.05, 0.1) is 7.11 Å². The predicted molar refractivity (Wildman–Crippen MR) is 59.5 cm³/mol. The molecule has 6 nitrogen and oxygen atoms in total. The van der Waals surface area contributed by atoms with Gasteiger partial charge in [-0.1, -0.05) is 0 Å². The van der Waals surface area contributed by atoms with Gasteiger partial charge in [0.15, 0.2) is 11.5 Å². The van der Waals surface area contributed by atoms with Crippen LogP contribution in [0.1, 0.15) is 28.9 Å². The Morgan fingerprint density at radius 3 is 2.65 bits per heavy atom. The van der Waals surface area contributed by atoms with Crippen LogP contribution in [-0.2, 0) is 9.53 Å². The second-order valence-electron chi connectivity index (χ2n) is 4.02. The molecule has 0 aromatic carbocycles. The fourth-order valence-electron chi connectivity index (χ4n) is 1.42. The number of ether oxygens (including phenoxy) is 1. The third-order valence-corrected chi connectivity index (χ3v) is 2.56. The first-order chi connectivity index (χ1) is 8.11. The van der Waals surface area contributed by atoms with Crippen molar-refractivity contribution in [1.82, 2.24) is 10.2 Å². The van der Waals surface area contributed by atoms with Crippen LogP contribution in [0.2, 0.25) is 0 Å². The predicted octanol–water partition coefficient (Wildman–Crippen LogP) is 0.920. The molecule has 1 saturated carbocycles. The van der Waals surface area contributed by atoms with E-state index < -0.39 is 5.97 Å². The maximum atomic E-state index is 11.5. The smallest absolute Gasteiger partial charge is 0.358 e. The fourth-order valence-corrected chi connectivity index (χ4v) is 1.42. The zero-order valence-corrected chi connectivity index (χ0v) is 9.69. The minimum Gasteiger partial charge on any atom is -0.464 e. The number of anilines is 1. The van der Waals surface area contributed by atoms with Gasteiger partial charge in [-0.25, -0.2) is 4.79 Å². The summed E-state index contributed by atoms with van der Waals surface area (Å²) < 4.78 is 4.56. The number of carbonyl (C=O) groups excluding carboxylic acids is 2. The molecule has 1 aromatic heterocycles. The first kappa shape index (κ1) is 11.5. The van der Waals surface area contributed by atoms with E-state index in [1.165, 1.54) is 7.11 Å². The van der Waals surface area contributed by atoms with Crippen molar-refractivity contribution in [2.24, 2.45) is 5.92 Å². The summed E-state index contributed by atoms with van der Waals surface area (Å²) in [5, 5.41) is 10.2. The summed E-state index contributed by atoms with van der Waals surface area (Å²) in [7, 11) is 1.28. The van der Waals surface area contributed by atoms with Crippen molar-refractivity contribution in [1.29, 1.82) is 0 Å². The average molecular weight is 235 g/mol. The molecule has 1 aromatic rings. The standard InChI is InChI=1S/C11H13N3O3/c1-6-5-8(12-10(15)7-3-4-7)13-14-9(6)11(16)17-2/h5,7H,3-4H2,1-2H3,(H,12,13,15). The van der Waals surface area contributed by atoms with E-state index in [0.717, 1.165) is 12.8 Å². The third-order valence-electron chi connectivity index (χ3n) is 2.56. The van der Waals surface area contributed by atoms with Crippen molar-refractivity contribution in [2.75, 3.05) is 12.4 Å². The summed E-state index contributed by atoms with van der Waals surface area (Å²) in [6.07, 6.45) is 1.86. The number of hydrogen-bond acceptors (Lipinski definition) is 5. The SMILES string of the molecule is COC(=O)c1nnc(NC(=O)C2CC2)cc1C. The Hall–Kier alpha value is -1.98. The highest BCUT2D eigenvalue weighted by Crippen LogP contribution is 2.29. The van der Waals surface area contributed by atoms with Crippen molar-refractivity contribution in [3.8, 4) is 0 Å². The number of amides is 1.